The van der Waals surface area contributed by atoms with Gasteiger partial charge in [0.1, 0.15) is 4.90 Å². The van der Waals surface area contributed by atoms with Gasteiger partial charge in [-0.15, -0.1) is 0 Å². The first-order valence-corrected chi connectivity index (χ1v) is 9.05. The summed E-state index contributed by atoms with van der Waals surface area (Å²) in [5.74, 6) is 0. The van der Waals surface area contributed by atoms with E-state index < -0.39 is 30.0 Å². The van der Waals surface area contributed by atoms with Crippen molar-refractivity contribution >= 4 is 20.2 Å². The molecule has 118 valence electrons. The number of benzene rings is 2. The Kier molecular flexibility index (Phi) is 4.14. The monoisotopic (exact) mass is 342 g/mol. The molecule has 2 aromatic carbocycles. The molecule has 0 aliphatic carbocycles. The molecule has 0 aromatic heterocycles. The van der Waals surface area contributed by atoms with Gasteiger partial charge < -0.3 is 0 Å². The maximum atomic E-state index is 11.5. The summed E-state index contributed by atoms with van der Waals surface area (Å²) in [6, 6.07) is 8.15. The Morgan fingerprint density at radius 3 is 1.95 bits per heavy atom. The van der Waals surface area contributed by atoms with E-state index in [1.54, 1.807) is 26.0 Å². The summed E-state index contributed by atoms with van der Waals surface area (Å²) in [4.78, 5) is -0.871. The van der Waals surface area contributed by atoms with Crippen molar-refractivity contribution < 1.29 is 25.9 Å². The van der Waals surface area contributed by atoms with E-state index in [1.807, 2.05) is 6.07 Å². The van der Waals surface area contributed by atoms with Crippen molar-refractivity contribution in [1.29, 1.82) is 0 Å². The number of rotatable bonds is 3. The molecule has 0 amide bonds. The van der Waals surface area contributed by atoms with Crippen LogP contribution in [0.15, 0.2) is 46.2 Å². The Labute approximate surface area is 128 Å². The molecular weight excluding hydrogens is 328 g/mol. The van der Waals surface area contributed by atoms with Gasteiger partial charge >= 0.3 is 0 Å². The van der Waals surface area contributed by atoms with Crippen LogP contribution in [0, 0.1) is 13.8 Å². The van der Waals surface area contributed by atoms with Crippen LogP contribution < -0.4 is 0 Å². The van der Waals surface area contributed by atoms with E-state index >= 15 is 0 Å². The summed E-state index contributed by atoms with van der Waals surface area (Å²) in [6.45, 7) is 3.52. The number of aryl methyl sites for hydroxylation is 2. The molecule has 0 saturated heterocycles. The first-order valence-electron chi connectivity index (χ1n) is 6.17. The highest BCUT2D eigenvalue weighted by Gasteiger charge is 2.21. The molecule has 0 radical (unpaired) electrons. The summed E-state index contributed by atoms with van der Waals surface area (Å²) in [5.41, 5.74) is 2.00. The fourth-order valence-corrected chi connectivity index (χ4v) is 3.32. The third-order valence-electron chi connectivity index (χ3n) is 3.21. The molecule has 2 rings (SSSR count). The first kappa shape index (κ1) is 16.6. The van der Waals surface area contributed by atoms with Crippen LogP contribution in [0.1, 0.15) is 11.1 Å². The second kappa shape index (κ2) is 5.47. The highest BCUT2D eigenvalue weighted by atomic mass is 32.2. The predicted octanol–water partition coefficient (Wildman–Crippen LogP) is 2.46. The molecule has 0 unspecified atom stereocenters. The second-order valence-electron chi connectivity index (χ2n) is 4.93. The first-order chi connectivity index (χ1) is 10.00. The van der Waals surface area contributed by atoms with Crippen LogP contribution in [0.2, 0.25) is 0 Å². The summed E-state index contributed by atoms with van der Waals surface area (Å²) >= 11 is 0. The Balaban J connectivity index is 2.90. The van der Waals surface area contributed by atoms with E-state index in [1.165, 1.54) is 0 Å². The molecule has 6 nitrogen and oxygen atoms in total. The Morgan fingerprint density at radius 2 is 1.41 bits per heavy atom. The van der Waals surface area contributed by atoms with Crippen molar-refractivity contribution in [3.8, 4) is 11.1 Å². The topological polar surface area (TPSA) is 109 Å². The molecule has 0 bridgehead atoms. The quantitative estimate of drug-likeness (QED) is 0.829. The van der Waals surface area contributed by atoms with Gasteiger partial charge in [0, 0.05) is 5.56 Å². The van der Waals surface area contributed by atoms with Crippen molar-refractivity contribution in [2.24, 2.45) is 0 Å². The van der Waals surface area contributed by atoms with E-state index in [-0.39, 0.29) is 5.56 Å². The van der Waals surface area contributed by atoms with Gasteiger partial charge in [-0.05, 0) is 43.2 Å². The molecule has 22 heavy (non-hydrogen) atoms. The zero-order valence-corrected chi connectivity index (χ0v) is 13.4. The molecule has 0 heterocycles. The van der Waals surface area contributed by atoms with Crippen LogP contribution in [0.3, 0.4) is 0 Å². The van der Waals surface area contributed by atoms with Crippen LogP contribution >= 0.6 is 0 Å². The summed E-state index contributed by atoms with van der Waals surface area (Å²) in [6.07, 6.45) is 0. The molecule has 0 atom stereocenters. The minimum Gasteiger partial charge on any atom is -0.282 e. The normalized spacial score (nSPS) is 12.4. The molecule has 0 fully saturated rings. The van der Waals surface area contributed by atoms with E-state index in [4.69, 9.17) is 4.55 Å². The number of hydrogen-bond donors (Lipinski definition) is 2. The van der Waals surface area contributed by atoms with Gasteiger partial charge in [0.25, 0.3) is 20.2 Å². The van der Waals surface area contributed by atoms with Gasteiger partial charge in [-0.25, -0.2) is 0 Å². The SMILES string of the molecule is Cc1ccc(C)c(-c2cc(S(=O)(=O)O)ccc2S(=O)(=O)O)c1. The van der Waals surface area contributed by atoms with Gasteiger partial charge in [-0.2, -0.15) is 16.8 Å². The molecule has 0 spiro atoms. The van der Waals surface area contributed by atoms with Crippen molar-refractivity contribution in [3.63, 3.8) is 0 Å². The van der Waals surface area contributed by atoms with Crippen molar-refractivity contribution in [1.82, 2.24) is 0 Å². The number of hydrogen-bond acceptors (Lipinski definition) is 4. The lowest BCUT2D eigenvalue weighted by Gasteiger charge is -2.12. The fraction of sp³-hybridized carbons (Fsp3) is 0.143. The molecule has 0 aliphatic rings. The summed E-state index contributed by atoms with van der Waals surface area (Å²) in [7, 11) is -9.04. The Hall–Kier alpha value is -1.74. The predicted molar refractivity (Wildman–Crippen MR) is 81.0 cm³/mol. The van der Waals surface area contributed by atoms with Crippen molar-refractivity contribution in [2.75, 3.05) is 0 Å². The van der Waals surface area contributed by atoms with Crippen LogP contribution in [0.25, 0.3) is 11.1 Å². The summed E-state index contributed by atoms with van der Waals surface area (Å²) in [5, 5.41) is 0. The zero-order chi connectivity index (χ0) is 16.7. The zero-order valence-electron chi connectivity index (χ0n) is 11.8. The standard InChI is InChI=1S/C14H14O6S2/c1-9-3-4-10(2)12(7-9)13-8-11(21(15,16)17)5-6-14(13)22(18,19)20/h3-8H,1-2H3,(H,15,16,17)(H,18,19,20). The van der Waals surface area contributed by atoms with E-state index in [9.17, 15) is 21.4 Å². The van der Waals surface area contributed by atoms with Gasteiger partial charge in [0.05, 0.1) is 4.90 Å². The van der Waals surface area contributed by atoms with Gasteiger partial charge in [0.15, 0.2) is 0 Å². The van der Waals surface area contributed by atoms with E-state index in [0.29, 0.717) is 11.1 Å². The van der Waals surface area contributed by atoms with Gasteiger partial charge in [0.2, 0.25) is 0 Å². The smallest absolute Gasteiger partial charge is 0.282 e. The Bertz CT molecular complexity index is 943. The maximum absolute atomic E-state index is 11.5. The van der Waals surface area contributed by atoms with Gasteiger partial charge in [-0.3, -0.25) is 9.11 Å². The lowest BCUT2D eigenvalue weighted by Crippen LogP contribution is -2.05. The highest BCUT2D eigenvalue weighted by molar-refractivity contribution is 7.86. The molecular formula is C14H14O6S2. The summed E-state index contributed by atoms with van der Waals surface area (Å²) < 4.78 is 64.1. The average molecular weight is 342 g/mol. The van der Waals surface area contributed by atoms with Crippen LogP contribution in [0.4, 0.5) is 0 Å². The maximum Gasteiger partial charge on any atom is 0.295 e. The fourth-order valence-electron chi connectivity index (χ4n) is 2.13. The Morgan fingerprint density at radius 1 is 0.773 bits per heavy atom. The molecule has 8 heteroatoms. The lowest BCUT2D eigenvalue weighted by atomic mass is 9.98. The van der Waals surface area contributed by atoms with E-state index in [0.717, 1.165) is 23.8 Å². The molecule has 2 N–H and O–H groups in total. The molecule has 0 saturated carbocycles. The largest absolute Gasteiger partial charge is 0.295 e. The third-order valence-corrected chi connectivity index (χ3v) is 4.97. The third kappa shape index (κ3) is 3.36. The molecule has 2 aromatic rings. The minimum atomic E-state index is -4.55. The van der Waals surface area contributed by atoms with Gasteiger partial charge in [-0.1, -0.05) is 23.8 Å². The lowest BCUT2D eigenvalue weighted by molar-refractivity contribution is 0.479. The van der Waals surface area contributed by atoms with Crippen molar-refractivity contribution in [3.05, 3.63) is 47.5 Å². The average Bonchev–Trinajstić information content (AvgIpc) is 2.39. The van der Waals surface area contributed by atoms with Crippen LogP contribution in [-0.4, -0.2) is 25.9 Å². The van der Waals surface area contributed by atoms with Crippen molar-refractivity contribution in [2.45, 2.75) is 23.6 Å². The van der Waals surface area contributed by atoms with Crippen LogP contribution in [-0.2, 0) is 20.2 Å². The minimum absolute atomic E-state index is 0.0128. The highest BCUT2D eigenvalue weighted by Crippen LogP contribution is 2.32. The molecule has 0 aliphatic heterocycles. The van der Waals surface area contributed by atoms with Crippen LogP contribution in [0.5, 0.6) is 0 Å². The second-order valence-corrected chi connectivity index (χ2v) is 7.74. The van der Waals surface area contributed by atoms with E-state index in [2.05, 4.69) is 0 Å².